The molecule has 3 aromatic heterocycles. The number of benzene rings is 2. The summed E-state index contributed by atoms with van der Waals surface area (Å²) in [7, 11) is 3.56. The second-order valence-electron chi connectivity index (χ2n) is 6.67. The number of aryl methyl sites for hydroxylation is 2. The largest absolute Gasteiger partial charge is 0.339 e. The molecule has 3 heterocycles. The van der Waals surface area contributed by atoms with Gasteiger partial charge in [-0.3, -0.25) is 14.9 Å². The number of nitrogens with zero attached hydrogens (tertiary/aromatic N) is 3. The number of thiazole rings is 1. The number of carbonyl (C=O) groups excluding carboxylic acids is 1. The summed E-state index contributed by atoms with van der Waals surface area (Å²) in [6.45, 7) is 0. The van der Waals surface area contributed by atoms with E-state index < -0.39 is 0 Å². The van der Waals surface area contributed by atoms with Gasteiger partial charge in [0.05, 0.1) is 26.6 Å². The molecule has 0 unspecified atom stereocenters. The van der Waals surface area contributed by atoms with Gasteiger partial charge in [0.15, 0.2) is 5.13 Å². The molecule has 0 saturated carbocycles. The second kappa shape index (κ2) is 6.03. The van der Waals surface area contributed by atoms with Gasteiger partial charge in [-0.2, -0.15) is 0 Å². The number of pyridine rings is 1. The van der Waals surface area contributed by atoms with E-state index in [2.05, 4.69) is 10.3 Å². The van der Waals surface area contributed by atoms with Crippen molar-refractivity contribution >= 4 is 54.4 Å². The summed E-state index contributed by atoms with van der Waals surface area (Å²) in [4.78, 5) is 30.2. The monoisotopic (exact) mass is 388 g/mol. The van der Waals surface area contributed by atoms with Crippen molar-refractivity contribution in [2.75, 3.05) is 5.32 Å². The lowest BCUT2D eigenvalue weighted by atomic mass is 10.1. The molecule has 0 aliphatic rings. The molecule has 0 radical (unpaired) electrons. The van der Waals surface area contributed by atoms with Crippen LogP contribution >= 0.6 is 11.3 Å². The number of amides is 1. The lowest BCUT2D eigenvalue weighted by Crippen LogP contribution is -2.17. The Hall–Kier alpha value is -3.45. The Morgan fingerprint density at radius 2 is 1.75 bits per heavy atom. The Labute approximate surface area is 163 Å². The first kappa shape index (κ1) is 16.7. The summed E-state index contributed by atoms with van der Waals surface area (Å²) < 4.78 is 4.41. The number of aromatic nitrogens is 3. The van der Waals surface area contributed by atoms with Crippen LogP contribution in [0.25, 0.3) is 32.0 Å². The average Bonchev–Trinajstić information content (AvgIpc) is 3.26. The van der Waals surface area contributed by atoms with Crippen molar-refractivity contribution in [3.05, 3.63) is 70.6 Å². The van der Waals surface area contributed by atoms with Crippen LogP contribution in [-0.2, 0) is 14.1 Å². The van der Waals surface area contributed by atoms with E-state index >= 15 is 0 Å². The summed E-state index contributed by atoms with van der Waals surface area (Å²) in [5, 5.41) is 4.86. The van der Waals surface area contributed by atoms with Crippen LogP contribution in [0.15, 0.2) is 59.4 Å². The van der Waals surface area contributed by atoms with E-state index in [0.717, 1.165) is 26.6 Å². The number of para-hydroxylation sites is 2. The van der Waals surface area contributed by atoms with Gasteiger partial charge in [-0.25, -0.2) is 4.98 Å². The first-order valence-electron chi connectivity index (χ1n) is 8.78. The Morgan fingerprint density at radius 3 is 2.57 bits per heavy atom. The highest BCUT2D eigenvalue weighted by molar-refractivity contribution is 7.22. The highest BCUT2D eigenvalue weighted by Crippen LogP contribution is 2.28. The van der Waals surface area contributed by atoms with Gasteiger partial charge < -0.3 is 9.13 Å². The van der Waals surface area contributed by atoms with Crippen molar-refractivity contribution in [1.29, 1.82) is 0 Å². The Morgan fingerprint density at radius 1 is 1.00 bits per heavy atom. The maximum absolute atomic E-state index is 12.9. The summed E-state index contributed by atoms with van der Waals surface area (Å²) in [5.74, 6) is -0.288. The zero-order valence-electron chi connectivity index (χ0n) is 15.3. The summed E-state index contributed by atoms with van der Waals surface area (Å²) in [6.07, 6.45) is 0. The molecule has 7 heteroatoms. The van der Waals surface area contributed by atoms with Crippen LogP contribution < -0.4 is 10.9 Å². The van der Waals surface area contributed by atoms with Gasteiger partial charge >= 0.3 is 0 Å². The molecule has 0 aliphatic carbocycles. The van der Waals surface area contributed by atoms with Crippen molar-refractivity contribution in [1.82, 2.24) is 14.1 Å². The van der Waals surface area contributed by atoms with Crippen LogP contribution in [0, 0.1) is 0 Å². The maximum atomic E-state index is 12.9. The fourth-order valence-corrected chi connectivity index (χ4v) is 4.51. The van der Waals surface area contributed by atoms with Crippen molar-refractivity contribution in [3.63, 3.8) is 0 Å². The SMILES string of the molecule is Cn1c(C(=O)Nc2nc3ccccc3s2)cc2c(=O)n(C)c3ccccc3c21. The topological polar surface area (TPSA) is 68.9 Å². The first-order chi connectivity index (χ1) is 13.5. The second-order valence-corrected chi connectivity index (χ2v) is 7.70. The molecule has 28 heavy (non-hydrogen) atoms. The molecule has 1 N–H and O–H groups in total. The molecular formula is C21H16N4O2S. The predicted molar refractivity (Wildman–Crippen MR) is 113 cm³/mol. The van der Waals surface area contributed by atoms with Crippen LogP contribution in [-0.4, -0.2) is 20.0 Å². The lowest BCUT2D eigenvalue weighted by Gasteiger charge is -2.08. The van der Waals surface area contributed by atoms with Crippen molar-refractivity contribution in [2.45, 2.75) is 0 Å². The highest BCUT2D eigenvalue weighted by atomic mass is 32.1. The van der Waals surface area contributed by atoms with E-state index in [0.29, 0.717) is 16.2 Å². The van der Waals surface area contributed by atoms with Crippen LogP contribution in [0.4, 0.5) is 5.13 Å². The third-order valence-corrected chi connectivity index (χ3v) is 5.99. The lowest BCUT2D eigenvalue weighted by molar-refractivity contribution is 0.102. The molecular weight excluding hydrogens is 372 g/mol. The van der Waals surface area contributed by atoms with Crippen LogP contribution in [0.3, 0.4) is 0 Å². The van der Waals surface area contributed by atoms with E-state index in [-0.39, 0.29) is 11.5 Å². The van der Waals surface area contributed by atoms with Gasteiger partial charge in [0, 0.05) is 19.5 Å². The summed E-state index contributed by atoms with van der Waals surface area (Å²) in [5.41, 5.74) is 2.73. The number of hydrogen-bond acceptors (Lipinski definition) is 4. The molecule has 0 fully saturated rings. The Balaban J connectivity index is 1.65. The van der Waals surface area contributed by atoms with E-state index in [9.17, 15) is 9.59 Å². The minimum Gasteiger partial charge on any atom is -0.339 e. The molecule has 0 saturated heterocycles. The molecule has 2 aromatic carbocycles. The molecule has 0 atom stereocenters. The molecule has 1 amide bonds. The number of rotatable bonds is 2. The minimum absolute atomic E-state index is 0.122. The normalized spacial score (nSPS) is 11.5. The molecule has 0 aliphatic heterocycles. The number of fused-ring (bicyclic) bond motifs is 4. The van der Waals surface area contributed by atoms with E-state index in [1.807, 2.05) is 55.6 Å². The van der Waals surface area contributed by atoms with Crippen LogP contribution in [0.5, 0.6) is 0 Å². The Bertz CT molecular complexity index is 1430. The first-order valence-corrected chi connectivity index (χ1v) is 9.60. The number of anilines is 1. The summed E-state index contributed by atoms with van der Waals surface area (Å²) in [6, 6.07) is 17.1. The van der Waals surface area contributed by atoms with E-state index in [4.69, 9.17) is 0 Å². The molecule has 6 nitrogen and oxygen atoms in total. The van der Waals surface area contributed by atoms with E-state index in [1.54, 1.807) is 22.2 Å². The van der Waals surface area contributed by atoms with Crippen molar-refractivity contribution < 1.29 is 4.79 Å². The quantitative estimate of drug-likeness (QED) is 0.499. The smallest absolute Gasteiger partial charge is 0.274 e. The highest BCUT2D eigenvalue weighted by Gasteiger charge is 2.19. The number of carbonyl (C=O) groups is 1. The fourth-order valence-electron chi connectivity index (χ4n) is 3.65. The van der Waals surface area contributed by atoms with Crippen LogP contribution in [0.1, 0.15) is 10.5 Å². The average molecular weight is 388 g/mol. The van der Waals surface area contributed by atoms with E-state index in [1.165, 1.54) is 11.3 Å². The van der Waals surface area contributed by atoms with Gasteiger partial charge in [-0.1, -0.05) is 41.7 Å². The number of hydrogen-bond donors (Lipinski definition) is 1. The maximum Gasteiger partial charge on any atom is 0.274 e. The van der Waals surface area contributed by atoms with Crippen molar-refractivity contribution in [2.24, 2.45) is 14.1 Å². The fraction of sp³-hybridized carbons (Fsp3) is 0.0952. The van der Waals surface area contributed by atoms with Crippen LogP contribution in [0.2, 0.25) is 0 Å². The Kier molecular flexibility index (Phi) is 3.60. The van der Waals surface area contributed by atoms with Gasteiger partial charge in [0.25, 0.3) is 11.5 Å². The third kappa shape index (κ3) is 2.36. The third-order valence-electron chi connectivity index (χ3n) is 5.04. The minimum atomic E-state index is -0.288. The molecule has 5 rings (SSSR count). The van der Waals surface area contributed by atoms with Gasteiger partial charge in [0.1, 0.15) is 5.69 Å². The van der Waals surface area contributed by atoms with Gasteiger partial charge in [0.2, 0.25) is 0 Å². The molecule has 0 bridgehead atoms. The zero-order chi connectivity index (χ0) is 19.4. The standard InChI is InChI=1S/C21H16N4O2S/c1-24-16(19(26)23-21-22-14-8-4-6-10-17(14)28-21)11-13-18(24)12-7-3-5-9-15(12)25(2)20(13)27/h3-11H,1-2H3,(H,22,23,26). The predicted octanol–water partition coefficient (Wildman–Crippen LogP) is 3.89. The number of nitrogens with one attached hydrogen (secondary N) is 1. The van der Waals surface area contributed by atoms with Crippen molar-refractivity contribution in [3.8, 4) is 0 Å². The molecule has 5 aromatic rings. The summed E-state index contributed by atoms with van der Waals surface area (Å²) >= 11 is 1.42. The molecule has 0 spiro atoms. The molecule has 138 valence electrons. The van der Waals surface area contributed by atoms with Gasteiger partial charge in [-0.15, -0.1) is 0 Å². The zero-order valence-corrected chi connectivity index (χ0v) is 16.1. The van der Waals surface area contributed by atoms with Gasteiger partial charge in [-0.05, 0) is 24.3 Å².